The van der Waals surface area contributed by atoms with Crippen LogP contribution in [0, 0.1) is 0 Å². The van der Waals surface area contributed by atoms with E-state index in [9.17, 15) is 8.42 Å². The van der Waals surface area contributed by atoms with Gasteiger partial charge in [0.15, 0.2) is 0 Å². The van der Waals surface area contributed by atoms with Gasteiger partial charge < -0.3 is 9.47 Å². The molecule has 0 spiro atoms. The summed E-state index contributed by atoms with van der Waals surface area (Å²) in [7, 11) is -3.65. The van der Waals surface area contributed by atoms with E-state index in [-0.39, 0.29) is 24.6 Å². The maximum Gasteiger partial charge on any atom is 0.243 e. The lowest BCUT2D eigenvalue weighted by Crippen LogP contribution is -2.40. The standard InChI is InChI=1S/C15H16ClN3O4S/c16-12-1-3-14(4-2-12)24(20,21)19-7-8-22-11-13(10-19)23-15-9-17-5-6-18-15/h1-6,9,13H,7-8,10-11H2/t13-/m1/s1. The van der Waals surface area contributed by atoms with Crippen molar-refractivity contribution >= 4 is 21.6 Å². The molecule has 0 aliphatic carbocycles. The molecule has 0 radical (unpaired) electrons. The fourth-order valence-corrected chi connectivity index (χ4v) is 3.90. The van der Waals surface area contributed by atoms with Crippen LogP contribution in [0.5, 0.6) is 5.88 Å². The van der Waals surface area contributed by atoms with E-state index in [1.165, 1.54) is 35.0 Å². The van der Waals surface area contributed by atoms with Crippen LogP contribution in [-0.4, -0.2) is 55.1 Å². The van der Waals surface area contributed by atoms with E-state index >= 15 is 0 Å². The first kappa shape index (κ1) is 17.1. The number of nitrogens with zero attached hydrogens (tertiary/aromatic N) is 3. The number of ether oxygens (including phenoxy) is 2. The van der Waals surface area contributed by atoms with Crippen molar-refractivity contribution in [2.45, 2.75) is 11.0 Å². The quantitative estimate of drug-likeness (QED) is 0.814. The molecule has 1 fully saturated rings. The first-order valence-electron chi connectivity index (χ1n) is 7.32. The molecule has 0 unspecified atom stereocenters. The second-order valence-electron chi connectivity index (χ2n) is 5.18. The Bertz CT molecular complexity index is 771. The van der Waals surface area contributed by atoms with E-state index in [2.05, 4.69) is 9.97 Å². The smallest absolute Gasteiger partial charge is 0.243 e. The summed E-state index contributed by atoms with van der Waals surface area (Å²) in [6.45, 7) is 1.00. The van der Waals surface area contributed by atoms with Crippen LogP contribution in [0.1, 0.15) is 0 Å². The Balaban J connectivity index is 1.78. The normalized spacial score (nSPS) is 19.6. The van der Waals surface area contributed by atoms with Crippen LogP contribution in [0.15, 0.2) is 47.8 Å². The van der Waals surface area contributed by atoms with Gasteiger partial charge in [-0.05, 0) is 24.3 Å². The molecule has 3 rings (SSSR count). The number of hydrogen-bond donors (Lipinski definition) is 0. The van der Waals surface area contributed by atoms with Gasteiger partial charge in [0.25, 0.3) is 0 Å². The van der Waals surface area contributed by atoms with Crippen LogP contribution in [0.4, 0.5) is 0 Å². The summed E-state index contributed by atoms with van der Waals surface area (Å²) < 4.78 is 38.1. The van der Waals surface area contributed by atoms with E-state index in [0.717, 1.165) is 0 Å². The van der Waals surface area contributed by atoms with Gasteiger partial charge in [-0.2, -0.15) is 4.31 Å². The highest BCUT2D eigenvalue weighted by molar-refractivity contribution is 7.89. The summed E-state index contributed by atoms with van der Waals surface area (Å²) in [4.78, 5) is 8.15. The minimum Gasteiger partial charge on any atom is -0.469 e. The SMILES string of the molecule is O=S(=O)(c1ccc(Cl)cc1)N1CCOC[C@H](Oc2cnccn2)C1. The third-order valence-corrected chi connectivity index (χ3v) is 5.61. The highest BCUT2D eigenvalue weighted by Crippen LogP contribution is 2.20. The van der Waals surface area contributed by atoms with Crippen LogP contribution >= 0.6 is 11.6 Å². The van der Waals surface area contributed by atoms with E-state index < -0.39 is 16.1 Å². The lowest BCUT2D eigenvalue weighted by Gasteiger charge is -2.23. The third-order valence-electron chi connectivity index (χ3n) is 3.47. The lowest BCUT2D eigenvalue weighted by atomic mass is 10.4. The molecular formula is C15H16ClN3O4S. The first-order chi connectivity index (χ1) is 11.6. The maximum atomic E-state index is 12.8. The summed E-state index contributed by atoms with van der Waals surface area (Å²) in [5.74, 6) is 0.330. The lowest BCUT2D eigenvalue weighted by molar-refractivity contribution is 0.0694. The predicted octanol–water partition coefficient (Wildman–Crippen LogP) is 1.60. The van der Waals surface area contributed by atoms with Crippen molar-refractivity contribution in [3.63, 3.8) is 0 Å². The van der Waals surface area contributed by atoms with Crippen LogP contribution < -0.4 is 4.74 Å². The fraction of sp³-hybridized carbons (Fsp3) is 0.333. The number of rotatable bonds is 4. The number of hydrogen-bond acceptors (Lipinski definition) is 6. The molecule has 1 aliphatic rings. The van der Waals surface area contributed by atoms with E-state index in [4.69, 9.17) is 21.1 Å². The van der Waals surface area contributed by atoms with Gasteiger partial charge in [-0.15, -0.1) is 0 Å². The summed E-state index contributed by atoms with van der Waals surface area (Å²) in [5.41, 5.74) is 0. The molecule has 0 amide bonds. The molecule has 2 aromatic rings. The van der Waals surface area contributed by atoms with Gasteiger partial charge in [0, 0.05) is 24.0 Å². The summed E-state index contributed by atoms with van der Waals surface area (Å²) in [6, 6.07) is 6.08. The highest BCUT2D eigenvalue weighted by atomic mass is 35.5. The van der Waals surface area contributed by atoms with Gasteiger partial charge in [-0.3, -0.25) is 4.98 Å². The van der Waals surface area contributed by atoms with E-state index in [1.807, 2.05) is 0 Å². The Morgan fingerprint density at radius 3 is 2.75 bits per heavy atom. The van der Waals surface area contributed by atoms with Crippen molar-refractivity contribution in [2.24, 2.45) is 0 Å². The molecule has 1 atom stereocenters. The molecule has 0 bridgehead atoms. The molecule has 9 heteroatoms. The topological polar surface area (TPSA) is 81.6 Å². The molecule has 7 nitrogen and oxygen atoms in total. The number of halogens is 1. The summed E-state index contributed by atoms with van der Waals surface area (Å²) in [6.07, 6.45) is 4.05. The van der Waals surface area contributed by atoms with E-state index in [0.29, 0.717) is 17.5 Å². The van der Waals surface area contributed by atoms with Crippen molar-refractivity contribution in [2.75, 3.05) is 26.3 Å². The third kappa shape index (κ3) is 4.02. The molecular weight excluding hydrogens is 354 g/mol. The average Bonchev–Trinajstić information content (AvgIpc) is 2.82. The minimum atomic E-state index is -3.65. The first-order valence-corrected chi connectivity index (χ1v) is 9.13. The van der Waals surface area contributed by atoms with Gasteiger partial charge in [0.05, 0.1) is 30.9 Å². The average molecular weight is 370 g/mol. The molecule has 1 aliphatic heterocycles. The van der Waals surface area contributed by atoms with Gasteiger partial charge in [0.1, 0.15) is 6.10 Å². The van der Waals surface area contributed by atoms with Crippen LogP contribution in [0.2, 0.25) is 5.02 Å². The summed E-state index contributed by atoms with van der Waals surface area (Å²) >= 11 is 5.83. The van der Waals surface area contributed by atoms with Gasteiger partial charge in [-0.1, -0.05) is 11.6 Å². The Labute approximate surface area is 145 Å². The predicted molar refractivity (Wildman–Crippen MR) is 87.5 cm³/mol. The molecule has 1 saturated heterocycles. The second kappa shape index (κ2) is 7.43. The zero-order valence-corrected chi connectivity index (χ0v) is 14.3. The van der Waals surface area contributed by atoms with E-state index in [1.54, 1.807) is 12.1 Å². The Kier molecular flexibility index (Phi) is 5.30. The molecule has 24 heavy (non-hydrogen) atoms. The molecule has 1 aromatic carbocycles. The second-order valence-corrected chi connectivity index (χ2v) is 7.55. The Hall–Kier alpha value is -1.74. The summed E-state index contributed by atoms with van der Waals surface area (Å²) in [5, 5.41) is 0.483. The zero-order chi connectivity index (χ0) is 17.0. The molecule has 0 N–H and O–H groups in total. The number of sulfonamides is 1. The zero-order valence-electron chi connectivity index (χ0n) is 12.7. The molecule has 0 saturated carbocycles. The van der Waals surface area contributed by atoms with Crippen molar-refractivity contribution < 1.29 is 17.9 Å². The van der Waals surface area contributed by atoms with Gasteiger partial charge >= 0.3 is 0 Å². The Morgan fingerprint density at radius 2 is 2.04 bits per heavy atom. The van der Waals surface area contributed by atoms with Crippen molar-refractivity contribution in [3.8, 4) is 5.88 Å². The fourth-order valence-electron chi connectivity index (χ4n) is 2.31. The van der Waals surface area contributed by atoms with Crippen molar-refractivity contribution in [3.05, 3.63) is 47.9 Å². The molecule has 2 heterocycles. The van der Waals surface area contributed by atoms with Crippen LogP contribution in [0.25, 0.3) is 0 Å². The van der Waals surface area contributed by atoms with Gasteiger partial charge in [-0.25, -0.2) is 13.4 Å². The van der Waals surface area contributed by atoms with Crippen LogP contribution in [-0.2, 0) is 14.8 Å². The number of benzene rings is 1. The minimum absolute atomic E-state index is 0.168. The monoisotopic (exact) mass is 369 g/mol. The van der Waals surface area contributed by atoms with Crippen LogP contribution in [0.3, 0.4) is 0 Å². The highest BCUT2D eigenvalue weighted by Gasteiger charge is 2.30. The Morgan fingerprint density at radius 1 is 1.25 bits per heavy atom. The molecule has 128 valence electrons. The van der Waals surface area contributed by atoms with Gasteiger partial charge in [0.2, 0.25) is 15.9 Å². The number of aromatic nitrogens is 2. The maximum absolute atomic E-state index is 12.8. The molecule has 1 aromatic heterocycles. The largest absolute Gasteiger partial charge is 0.469 e. The van der Waals surface area contributed by atoms with Crippen molar-refractivity contribution in [1.82, 2.24) is 14.3 Å². The van der Waals surface area contributed by atoms with Crippen molar-refractivity contribution in [1.29, 1.82) is 0 Å².